The van der Waals surface area contributed by atoms with Gasteiger partial charge in [-0.2, -0.15) is 0 Å². The highest BCUT2D eigenvalue weighted by Crippen LogP contribution is 2.43. The monoisotopic (exact) mass is 254 g/mol. The standard InChI is InChI=1S/C14H22O4/c15-9-11-10(12-7-8-13(11)18-12)5-3-1-2-4-6-14(16)17/h3,5,10-13,15H,1-2,4,6-9H2,(H,16,17)/t10-,11+,12-,13+/m1/s1. The van der Waals surface area contributed by atoms with E-state index in [1.807, 2.05) is 0 Å². The summed E-state index contributed by atoms with van der Waals surface area (Å²) in [6.45, 7) is 0.204. The molecule has 2 N–H and O–H groups in total. The fraction of sp³-hybridized carbons (Fsp3) is 0.786. The van der Waals surface area contributed by atoms with E-state index in [1.54, 1.807) is 0 Å². The lowest BCUT2D eigenvalue weighted by molar-refractivity contribution is -0.137. The maximum atomic E-state index is 10.3. The molecule has 4 nitrogen and oxygen atoms in total. The van der Waals surface area contributed by atoms with Crippen LogP contribution in [0.1, 0.15) is 38.5 Å². The van der Waals surface area contributed by atoms with Gasteiger partial charge in [0.2, 0.25) is 0 Å². The molecule has 2 aliphatic heterocycles. The van der Waals surface area contributed by atoms with Crippen LogP contribution in [0.15, 0.2) is 12.2 Å². The molecule has 0 radical (unpaired) electrons. The van der Waals surface area contributed by atoms with Crippen LogP contribution in [0.3, 0.4) is 0 Å². The Labute approximate surface area is 108 Å². The van der Waals surface area contributed by atoms with Crippen molar-refractivity contribution in [1.29, 1.82) is 0 Å². The fourth-order valence-electron chi connectivity index (χ4n) is 3.11. The molecular formula is C14H22O4. The number of carboxylic acid groups (broad SMARTS) is 1. The van der Waals surface area contributed by atoms with Gasteiger partial charge in [-0.25, -0.2) is 0 Å². The zero-order valence-corrected chi connectivity index (χ0v) is 10.6. The van der Waals surface area contributed by atoms with Gasteiger partial charge in [0, 0.05) is 24.9 Å². The molecule has 2 aliphatic rings. The molecule has 0 aromatic rings. The van der Waals surface area contributed by atoms with E-state index < -0.39 is 5.97 Å². The Morgan fingerprint density at radius 2 is 2.06 bits per heavy atom. The lowest BCUT2D eigenvalue weighted by atomic mass is 9.79. The summed E-state index contributed by atoms with van der Waals surface area (Å²) >= 11 is 0. The summed E-state index contributed by atoms with van der Waals surface area (Å²) in [5.41, 5.74) is 0. The van der Waals surface area contributed by atoms with Crippen LogP contribution >= 0.6 is 0 Å². The summed E-state index contributed by atoms with van der Waals surface area (Å²) in [5, 5.41) is 17.9. The summed E-state index contributed by atoms with van der Waals surface area (Å²) in [5.74, 6) is -0.104. The molecule has 0 aromatic carbocycles. The highest BCUT2D eigenvalue weighted by atomic mass is 16.5. The number of rotatable bonds is 7. The smallest absolute Gasteiger partial charge is 0.303 e. The second kappa shape index (κ2) is 6.34. The largest absolute Gasteiger partial charge is 0.481 e. The van der Waals surface area contributed by atoms with Gasteiger partial charge in [-0.15, -0.1) is 0 Å². The molecule has 2 heterocycles. The lowest BCUT2D eigenvalue weighted by Crippen LogP contribution is -2.28. The first-order valence-corrected chi connectivity index (χ1v) is 6.87. The molecule has 2 rings (SSSR count). The predicted octanol–water partition coefficient (Wildman–Crippen LogP) is 1.97. The number of aliphatic carboxylic acids is 1. The predicted molar refractivity (Wildman–Crippen MR) is 67.2 cm³/mol. The van der Waals surface area contributed by atoms with E-state index >= 15 is 0 Å². The minimum absolute atomic E-state index is 0.204. The molecule has 4 atom stereocenters. The van der Waals surface area contributed by atoms with Crippen LogP contribution in [0.4, 0.5) is 0 Å². The Balaban J connectivity index is 1.70. The van der Waals surface area contributed by atoms with Gasteiger partial charge < -0.3 is 14.9 Å². The zero-order chi connectivity index (χ0) is 13.0. The maximum Gasteiger partial charge on any atom is 0.303 e. The van der Waals surface area contributed by atoms with E-state index in [-0.39, 0.29) is 25.0 Å². The lowest BCUT2D eigenvalue weighted by Gasteiger charge is -2.23. The van der Waals surface area contributed by atoms with Crippen molar-refractivity contribution in [2.75, 3.05) is 6.61 Å². The fourth-order valence-corrected chi connectivity index (χ4v) is 3.11. The molecule has 0 unspecified atom stereocenters. The molecule has 2 bridgehead atoms. The molecule has 4 heteroatoms. The second-order valence-corrected chi connectivity index (χ2v) is 5.28. The number of ether oxygens (including phenoxy) is 1. The highest BCUT2D eigenvalue weighted by molar-refractivity contribution is 5.66. The van der Waals surface area contributed by atoms with Crippen LogP contribution < -0.4 is 0 Å². The number of allylic oxidation sites excluding steroid dienone is 1. The van der Waals surface area contributed by atoms with Crippen molar-refractivity contribution in [3.05, 3.63) is 12.2 Å². The number of hydrogen-bond acceptors (Lipinski definition) is 3. The topological polar surface area (TPSA) is 66.8 Å². The van der Waals surface area contributed by atoms with Gasteiger partial charge >= 0.3 is 5.97 Å². The van der Waals surface area contributed by atoms with Crippen molar-refractivity contribution in [3.63, 3.8) is 0 Å². The first kappa shape index (κ1) is 13.6. The molecule has 2 saturated heterocycles. The van der Waals surface area contributed by atoms with Gasteiger partial charge in [0.1, 0.15) is 0 Å². The van der Waals surface area contributed by atoms with Crippen molar-refractivity contribution in [1.82, 2.24) is 0 Å². The summed E-state index contributed by atoms with van der Waals surface area (Å²) in [4.78, 5) is 10.3. The molecule has 2 fully saturated rings. The number of aliphatic hydroxyl groups excluding tert-OH is 1. The number of fused-ring (bicyclic) bond motifs is 2. The van der Waals surface area contributed by atoms with Crippen LogP contribution in [-0.4, -0.2) is 35.0 Å². The molecule has 102 valence electrons. The van der Waals surface area contributed by atoms with E-state index in [4.69, 9.17) is 9.84 Å². The Kier molecular flexibility index (Phi) is 4.78. The molecule has 0 spiro atoms. The first-order chi connectivity index (χ1) is 8.72. The van der Waals surface area contributed by atoms with Crippen LogP contribution in [-0.2, 0) is 9.53 Å². The molecule has 0 saturated carbocycles. The quantitative estimate of drug-likeness (QED) is 0.538. The summed E-state index contributed by atoms with van der Waals surface area (Å²) in [6.07, 6.45) is 9.84. The van der Waals surface area contributed by atoms with Gasteiger partial charge in [0.05, 0.1) is 12.2 Å². The molecule has 18 heavy (non-hydrogen) atoms. The minimum Gasteiger partial charge on any atom is -0.481 e. The van der Waals surface area contributed by atoms with Crippen molar-refractivity contribution >= 4 is 5.97 Å². The SMILES string of the molecule is O=C(O)CCCCC=C[C@@H]1[C@H](CO)[C@@H]2CC[C@H]1O2. The third-order valence-corrected chi connectivity index (χ3v) is 4.07. The zero-order valence-electron chi connectivity index (χ0n) is 10.6. The van der Waals surface area contributed by atoms with Crippen LogP contribution in [0.25, 0.3) is 0 Å². The molecular weight excluding hydrogens is 232 g/mol. The summed E-state index contributed by atoms with van der Waals surface area (Å²) in [6, 6.07) is 0. The van der Waals surface area contributed by atoms with Crippen molar-refractivity contribution in [2.45, 2.75) is 50.7 Å². The number of hydrogen-bond donors (Lipinski definition) is 2. The van der Waals surface area contributed by atoms with Gasteiger partial charge in [0.25, 0.3) is 0 Å². The third kappa shape index (κ3) is 3.12. The van der Waals surface area contributed by atoms with Crippen LogP contribution in [0.2, 0.25) is 0 Å². The Morgan fingerprint density at radius 3 is 2.78 bits per heavy atom. The van der Waals surface area contributed by atoms with E-state index in [2.05, 4.69) is 12.2 Å². The minimum atomic E-state index is -0.721. The Morgan fingerprint density at radius 1 is 1.28 bits per heavy atom. The average molecular weight is 254 g/mol. The van der Waals surface area contributed by atoms with Crippen LogP contribution in [0, 0.1) is 11.8 Å². The normalized spacial score (nSPS) is 34.5. The number of aliphatic hydroxyl groups is 1. The first-order valence-electron chi connectivity index (χ1n) is 6.87. The van der Waals surface area contributed by atoms with Crippen molar-refractivity contribution in [2.24, 2.45) is 11.8 Å². The average Bonchev–Trinajstić information content (AvgIpc) is 2.93. The van der Waals surface area contributed by atoms with E-state index in [9.17, 15) is 9.90 Å². The van der Waals surface area contributed by atoms with Crippen LogP contribution in [0.5, 0.6) is 0 Å². The van der Waals surface area contributed by atoms with Gasteiger partial charge in [-0.05, 0) is 32.1 Å². The Hall–Kier alpha value is -0.870. The maximum absolute atomic E-state index is 10.3. The summed E-state index contributed by atoms with van der Waals surface area (Å²) in [7, 11) is 0. The van der Waals surface area contributed by atoms with E-state index in [0.717, 1.165) is 32.1 Å². The Bertz CT molecular complexity index is 313. The third-order valence-electron chi connectivity index (χ3n) is 4.07. The number of unbranched alkanes of at least 4 members (excludes halogenated alkanes) is 2. The highest BCUT2D eigenvalue weighted by Gasteiger charge is 2.47. The van der Waals surface area contributed by atoms with Crippen molar-refractivity contribution in [3.8, 4) is 0 Å². The second-order valence-electron chi connectivity index (χ2n) is 5.28. The molecule has 0 aliphatic carbocycles. The summed E-state index contributed by atoms with van der Waals surface area (Å²) < 4.78 is 5.81. The van der Waals surface area contributed by atoms with E-state index in [1.165, 1.54) is 0 Å². The molecule has 0 aromatic heterocycles. The van der Waals surface area contributed by atoms with E-state index in [0.29, 0.717) is 12.0 Å². The number of carboxylic acids is 1. The van der Waals surface area contributed by atoms with Crippen molar-refractivity contribution < 1.29 is 19.7 Å². The molecule has 0 amide bonds. The number of carbonyl (C=O) groups is 1. The van der Waals surface area contributed by atoms with Gasteiger partial charge in [0.15, 0.2) is 0 Å². The van der Waals surface area contributed by atoms with Gasteiger partial charge in [-0.3, -0.25) is 4.79 Å². The van der Waals surface area contributed by atoms with Gasteiger partial charge in [-0.1, -0.05) is 12.2 Å².